The van der Waals surface area contributed by atoms with Crippen LogP contribution >= 0.6 is 11.6 Å². The fraction of sp³-hybridized carbons (Fsp3) is 0.133. The third-order valence-electron chi connectivity index (χ3n) is 2.80. The van der Waals surface area contributed by atoms with Gasteiger partial charge in [-0.15, -0.1) is 0 Å². The van der Waals surface area contributed by atoms with E-state index >= 15 is 0 Å². The molecule has 0 radical (unpaired) electrons. The van der Waals surface area contributed by atoms with E-state index < -0.39 is 11.6 Å². The molecule has 0 bridgehead atoms. The minimum atomic E-state index is -0.766. The van der Waals surface area contributed by atoms with Gasteiger partial charge in [-0.2, -0.15) is 5.26 Å². The predicted octanol–water partition coefficient (Wildman–Crippen LogP) is 4.14. The van der Waals surface area contributed by atoms with Crippen molar-refractivity contribution in [1.29, 1.82) is 5.26 Å². The maximum Gasteiger partial charge on any atom is 0.150 e. The van der Waals surface area contributed by atoms with Gasteiger partial charge < -0.3 is 5.32 Å². The van der Waals surface area contributed by atoms with Crippen LogP contribution in [0, 0.1) is 23.0 Å². The van der Waals surface area contributed by atoms with E-state index in [1.165, 1.54) is 0 Å². The van der Waals surface area contributed by atoms with Crippen LogP contribution in [0.1, 0.15) is 11.1 Å². The average molecular weight is 293 g/mol. The van der Waals surface area contributed by atoms with Gasteiger partial charge in [0.15, 0.2) is 11.6 Å². The molecule has 20 heavy (non-hydrogen) atoms. The van der Waals surface area contributed by atoms with Crippen molar-refractivity contribution in [1.82, 2.24) is 0 Å². The second kappa shape index (κ2) is 6.36. The van der Waals surface area contributed by atoms with Crippen LogP contribution in [-0.4, -0.2) is 6.54 Å². The van der Waals surface area contributed by atoms with Crippen LogP contribution in [0.4, 0.5) is 14.5 Å². The van der Waals surface area contributed by atoms with E-state index in [2.05, 4.69) is 5.32 Å². The summed E-state index contributed by atoms with van der Waals surface area (Å²) in [6.45, 7) is 0.376. The molecule has 0 aliphatic heterocycles. The van der Waals surface area contributed by atoms with Crippen LogP contribution in [-0.2, 0) is 6.42 Å². The highest BCUT2D eigenvalue weighted by Crippen LogP contribution is 2.20. The van der Waals surface area contributed by atoms with Crippen molar-refractivity contribution < 1.29 is 8.78 Å². The molecular formula is C15H11ClF2N2. The summed E-state index contributed by atoms with van der Waals surface area (Å²) in [5, 5.41) is 12.0. The highest BCUT2D eigenvalue weighted by Gasteiger charge is 2.10. The van der Waals surface area contributed by atoms with Crippen LogP contribution in [0.5, 0.6) is 0 Å². The number of rotatable bonds is 4. The smallest absolute Gasteiger partial charge is 0.150 e. The van der Waals surface area contributed by atoms with Gasteiger partial charge in [-0.25, -0.2) is 8.78 Å². The molecule has 2 aromatic carbocycles. The van der Waals surface area contributed by atoms with Crippen molar-refractivity contribution in [2.75, 3.05) is 11.9 Å². The maximum absolute atomic E-state index is 13.6. The Morgan fingerprint density at radius 2 is 1.70 bits per heavy atom. The number of hydrogen-bond acceptors (Lipinski definition) is 2. The van der Waals surface area contributed by atoms with Gasteiger partial charge in [-0.1, -0.05) is 23.7 Å². The van der Waals surface area contributed by atoms with Crippen molar-refractivity contribution in [3.8, 4) is 6.07 Å². The van der Waals surface area contributed by atoms with E-state index in [-0.39, 0.29) is 11.3 Å². The molecule has 0 saturated heterocycles. The van der Waals surface area contributed by atoms with Gasteiger partial charge >= 0.3 is 0 Å². The summed E-state index contributed by atoms with van der Waals surface area (Å²) in [6, 6.07) is 11.0. The minimum Gasteiger partial charge on any atom is -0.380 e. The lowest BCUT2D eigenvalue weighted by Gasteiger charge is -2.09. The van der Waals surface area contributed by atoms with E-state index in [4.69, 9.17) is 16.9 Å². The monoisotopic (exact) mass is 292 g/mol. The molecule has 0 aliphatic carbocycles. The van der Waals surface area contributed by atoms with E-state index in [0.717, 1.165) is 17.7 Å². The third kappa shape index (κ3) is 3.46. The molecule has 0 aromatic heterocycles. The van der Waals surface area contributed by atoms with Gasteiger partial charge in [0.1, 0.15) is 5.69 Å². The zero-order valence-electron chi connectivity index (χ0n) is 10.5. The first kappa shape index (κ1) is 14.3. The van der Waals surface area contributed by atoms with E-state index in [0.29, 0.717) is 18.0 Å². The minimum absolute atomic E-state index is 0.0387. The first-order valence-corrected chi connectivity index (χ1v) is 6.35. The van der Waals surface area contributed by atoms with Gasteiger partial charge in [0, 0.05) is 11.6 Å². The molecule has 2 nitrogen and oxygen atoms in total. The van der Waals surface area contributed by atoms with Crippen molar-refractivity contribution in [3.05, 3.63) is 64.2 Å². The van der Waals surface area contributed by atoms with Crippen LogP contribution in [0.3, 0.4) is 0 Å². The van der Waals surface area contributed by atoms with Gasteiger partial charge in [0.2, 0.25) is 0 Å². The molecule has 0 fully saturated rings. The number of nitriles is 1. The number of hydrogen-bond donors (Lipinski definition) is 1. The lowest BCUT2D eigenvalue weighted by atomic mass is 10.1. The SMILES string of the molecule is N#Cc1cc(F)c(NCCc2ccc(Cl)cc2)c(F)c1. The van der Waals surface area contributed by atoms with E-state index in [1.54, 1.807) is 18.2 Å². The Labute approximate surface area is 120 Å². The molecule has 1 N–H and O–H groups in total. The molecule has 5 heteroatoms. The second-order valence-electron chi connectivity index (χ2n) is 4.23. The summed E-state index contributed by atoms with van der Waals surface area (Å²) in [4.78, 5) is 0. The molecule has 0 saturated carbocycles. The maximum atomic E-state index is 13.6. The number of anilines is 1. The van der Waals surface area contributed by atoms with Crippen molar-refractivity contribution >= 4 is 17.3 Å². The fourth-order valence-electron chi connectivity index (χ4n) is 1.79. The molecule has 0 amide bonds. The zero-order valence-corrected chi connectivity index (χ0v) is 11.2. The summed E-state index contributed by atoms with van der Waals surface area (Å²) in [7, 11) is 0. The standard InChI is InChI=1S/C15H11ClF2N2/c16-12-3-1-10(2-4-12)5-6-20-15-13(17)7-11(9-19)8-14(15)18/h1-4,7-8,20H,5-6H2. The van der Waals surface area contributed by atoms with Gasteiger partial charge in [-0.05, 0) is 36.2 Å². The Morgan fingerprint density at radius 3 is 2.25 bits per heavy atom. The number of benzene rings is 2. The summed E-state index contributed by atoms with van der Waals surface area (Å²) >= 11 is 5.77. The molecule has 0 spiro atoms. The van der Waals surface area contributed by atoms with Crippen molar-refractivity contribution in [2.45, 2.75) is 6.42 Å². The Kier molecular flexibility index (Phi) is 4.54. The van der Waals surface area contributed by atoms with Crippen LogP contribution in [0.25, 0.3) is 0 Å². The van der Waals surface area contributed by atoms with Crippen molar-refractivity contribution in [2.24, 2.45) is 0 Å². The number of nitrogens with one attached hydrogen (secondary N) is 1. The number of halogens is 3. The quantitative estimate of drug-likeness (QED) is 0.919. The molecular weight excluding hydrogens is 282 g/mol. The fourth-order valence-corrected chi connectivity index (χ4v) is 1.92. The third-order valence-corrected chi connectivity index (χ3v) is 3.05. The van der Waals surface area contributed by atoms with Crippen molar-refractivity contribution in [3.63, 3.8) is 0 Å². The van der Waals surface area contributed by atoms with Crippen LogP contribution < -0.4 is 5.32 Å². The average Bonchev–Trinajstić information content (AvgIpc) is 2.43. The van der Waals surface area contributed by atoms with E-state index in [9.17, 15) is 8.78 Å². The molecule has 102 valence electrons. The summed E-state index contributed by atoms with van der Waals surface area (Å²) in [6.07, 6.45) is 0.607. The largest absolute Gasteiger partial charge is 0.380 e. The Hall–Kier alpha value is -2.12. The second-order valence-corrected chi connectivity index (χ2v) is 4.67. The lowest BCUT2D eigenvalue weighted by Crippen LogP contribution is -2.08. The first-order chi connectivity index (χ1) is 9.60. The predicted molar refractivity (Wildman–Crippen MR) is 74.7 cm³/mol. The first-order valence-electron chi connectivity index (χ1n) is 5.97. The van der Waals surface area contributed by atoms with E-state index in [1.807, 2.05) is 12.1 Å². The molecule has 0 aliphatic rings. The molecule has 0 atom stereocenters. The summed E-state index contributed by atoms with van der Waals surface area (Å²) < 4.78 is 27.2. The van der Waals surface area contributed by atoms with Crippen LogP contribution in [0.2, 0.25) is 5.02 Å². The molecule has 0 heterocycles. The van der Waals surface area contributed by atoms with Gasteiger partial charge in [0.05, 0.1) is 11.6 Å². The summed E-state index contributed by atoms with van der Waals surface area (Å²) in [5.74, 6) is -1.53. The van der Waals surface area contributed by atoms with Gasteiger partial charge in [0.25, 0.3) is 0 Å². The Bertz CT molecular complexity index is 625. The number of nitrogens with zero attached hydrogens (tertiary/aromatic N) is 1. The molecule has 2 aromatic rings. The normalized spacial score (nSPS) is 10.1. The zero-order chi connectivity index (χ0) is 14.5. The highest BCUT2D eigenvalue weighted by molar-refractivity contribution is 6.30. The Morgan fingerprint density at radius 1 is 1.10 bits per heavy atom. The van der Waals surface area contributed by atoms with Crippen LogP contribution in [0.15, 0.2) is 36.4 Å². The topological polar surface area (TPSA) is 35.8 Å². The Balaban J connectivity index is 2.01. The molecule has 0 unspecified atom stereocenters. The highest BCUT2D eigenvalue weighted by atomic mass is 35.5. The lowest BCUT2D eigenvalue weighted by molar-refractivity contribution is 0.587. The van der Waals surface area contributed by atoms with Gasteiger partial charge in [-0.3, -0.25) is 0 Å². The summed E-state index contributed by atoms with van der Waals surface area (Å²) in [5.41, 5.74) is 0.762. The molecule has 2 rings (SSSR count).